The second-order valence-corrected chi connectivity index (χ2v) is 12.9. The summed E-state index contributed by atoms with van der Waals surface area (Å²) in [6, 6.07) is 26.4. The molecule has 0 amide bonds. The molecular formula is C24H27PS3. The Morgan fingerprint density at radius 1 is 0.607 bits per heavy atom. The van der Waals surface area contributed by atoms with Crippen LogP contribution >= 0.6 is 44.1 Å². The van der Waals surface area contributed by atoms with Crippen LogP contribution in [0.5, 0.6) is 0 Å². The normalized spacial score (nSPS) is 11.6. The Labute approximate surface area is 185 Å². The number of hydrogen-bond donors (Lipinski definition) is 1. The summed E-state index contributed by atoms with van der Waals surface area (Å²) in [6.07, 6.45) is 0. The Hall–Kier alpha value is -0.860. The topological polar surface area (TPSA) is 0 Å². The second kappa shape index (κ2) is 10.3. The first-order valence-electron chi connectivity index (χ1n) is 9.57. The van der Waals surface area contributed by atoms with Crippen LogP contribution in [0.1, 0.15) is 27.7 Å². The van der Waals surface area contributed by atoms with Crippen molar-refractivity contribution in [2.75, 3.05) is 0 Å². The van der Waals surface area contributed by atoms with Crippen molar-refractivity contribution in [1.29, 1.82) is 0 Å². The summed E-state index contributed by atoms with van der Waals surface area (Å²) in [6.45, 7) is 9.05. The molecule has 0 aliphatic rings. The summed E-state index contributed by atoms with van der Waals surface area (Å²) in [5.74, 6) is 0. The van der Waals surface area contributed by atoms with Crippen LogP contribution in [-0.2, 0) is 0 Å². The molecule has 3 aromatic rings. The minimum Gasteiger partial charge on any atom is -0.143 e. The molecule has 0 spiro atoms. The fraction of sp³-hybridized carbons (Fsp3) is 0.250. The van der Waals surface area contributed by atoms with Gasteiger partial charge in [-0.3, -0.25) is 0 Å². The van der Waals surface area contributed by atoms with Crippen molar-refractivity contribution in [3.05, 3.63) is 72.8 Å². The fourth-order valence-corrected chi connectivity index (χ4v) is 8.44. The highest BCUT2D eigenvalue weighted by atomic mass is 32.2. The lowest BCUT2D eigenvalue weighted by atomic mass is 10.3. The number of rotatable bonds is 7. The van der Waals surface area contributed by atoms with Crippen LogP contribution < -0.4 is 15.9 Å². The summed E-state index contributed by atoms with van der Waals surface area (Å²) in [5, 5.41) is 5.27. The predicted molar refractivity (Wildman–Crippen MR) is 134 cm³/mol. The minimum absolute atomic E-state index is 0.546. The first-order chi connectivity index (χ1) is 13.5. The van der Waals surface area contributed by atoms with Gasteiger partial charge in [-0.1, -0.05) is 82.3 Å². The zero-order chi connectivity index (χ0) is 20.1. The molecule has 0 N–H and O–H groups in total. The van der Waals surface area contributed by atoms with Gasteiger partial charge in [0.05, 0.1) is 0 Å². The Morgan fingerprint density at radius 2 is 1.00 bits per heavy atom. The van der Waals surface area contributed by atoms with E-state index in [9.17, 15) is 0 Å². The van der Waals surface area contributed by atoms with Crippen molar-refractivity contribution in [3.63, 3.8) is 0 Å². The monoisotopic (exact) mass is 442 g/mol. The van der Waals surface area contributed by atoms with Crippen molar-refractivity contribution in [1.82, 2.24) is 0 Å². The molecular weight excluding hydrogens is 415 g/mol. The lowest BCUT2D eigenvalue weighted by Crippen LogP contribution is -2.24. The van der Waals surface area contributed by atoms with E-state index < -0.39 is 7.92 Å². The predicted octanol–water partition coefficient (Wildman–Crippen LogP) is 6.73. The molecule has 0 heterocycles. The highest BCUT2D eigenvalue weighted by molar-refractivity contribution is 8.01. The van der Waals surface area contributed by atoms with Crippen LogP contribution in [0.2, 0.25) is 0 Å². The first-order valence-corrected chi connectivity index (χ1v) is 13.1. The number of thiol groups is 1. The van der Waals surface area contributed by atoms with E-state index in [0.29, 0.717) is 10.5 Å². The zero-order valence-corrected chi connectivity index (χ0v) is 20.2. The third kappa shape index (κ3) is 5.39. The molecule has 3 aromatic carbocycles. The molecule has 146 valence electrons. The molecule has 0 saturated carbocycles. The first kappa shape index (κ1) is 21.8. The number of hydrogen-bond acceptors (Lipinski definition) is 3. The molecule has 0 aliphatic carbocycles. The molecule has 0 bridgehead atoms. The molecule has 0 fully saturated rings. The van der Waals surface area contributed by atoms with Crippen LogP contribution in [0, 0.1) is 0 Å². The van der Waals surface area contributed by atoms with Gasteiger partial charge in [0.2, 0.25) is 0 Å². The van der Waals surface area contributed by atoms with Crippen LogP contribution in [0.3, 0.4) is 0 Å². The lowest BCUT2D eigenvalue weighted by molar-refractivity contribution is 1.11. The largest absolute Gasteiger partial charge is 0.143 e. The van der Waals surface area contributed by atoms with E-state index in [-0.39, 0.29) is 0 Å². The summed E-state index contributed by atoms with van der Waals surface area (Å²) in [7, 11) is -0.688. The van der Waals surface area contributed by atoms with E-state index >= 15 is 0 Å². The van der Waals surface area contributed by atoms with E-state index in [0.717, 1.165) is 4.90 Å². The SMILES string of the molecule is CC(C)Sc1ccccc1P(c1ccccc1S)c1ccccc1SC(C)C. The quantitative estimate of drug-likeness (QED) is 0.245. The molecule has 3 rings (SSSR count). The lowest BCUT2D eigenvalue weighted by Gasteiger charge is -2.26. The van der Waals surface area contributed by atoms with E-state index in [1.165, 1.54) is 25.7 Å². The van der Waals surface area contributed by atoms with Crippen LogP contribution in [0.15, 0.2) is 87.5 Å². The van der Waals surface area contributed by atoms with Crippen LogP contribution in [0.25, 0.3) is 0 Å². The van der Waals surface area contributed by atoms with Gasteiger partial charge < -0.3 is 0 Å². The Bertz CT molecular complexity index is 867. The van der Waals surface area contributed by atoms with Crippen LogP contribution in [0.4, 0.5) is 0 Å². The Morgan fingerprint density at radius 3 is 1.43 bits per heavy atom. The second-order valence-electron chi connectivity index (χ2n) is 7.09. The summed E-state index contributed by atoms with van der Waals surface area (Å²) in [5.41, 5.74) is 0. The summed E-state index contributed by atoms with van der Waals surface area (Å²) in [4.78, 5) is 3.83. The minimum atomic E-state index is -0.688. The van der Waals surface area contributed by atoms with Crippen molar-refractivity contribution >= 4 is 60.0 Å². The maximum absolute atomic E-state index is 4.85. The average molecular weight is 443 g/mol. The molecule has 0 aliphatic heterocycles. The van der Waals surface area contributed by atoms with Gasteiger partial charge >= 0.3 is 0 Å². The van der Waals surface area contributed by atoms with Crippen LogP contribution in [-0.4, -0.2) is 10.5 Å². The van der Waals surface area contributed by atoms with Crippen molar-refractivity contribution < 1.29 is 0 Å². The average Bonchev–Trinajstić information content (AvgIpc) is 2.65. The third-order valence-corrected chi connectivity index (χ3v) is 9.71. The fourth-order valence-electron chi connectivity index (χ4n) is 3.03. The van der Waals surface area contributed by atoms with Gasteiger partial charge in [-0.05, 0) is 42.0 Å². The Balaban J connectivity index is 2.24. The Kier molecular flexibility index (Phi) is 8.00. The molecule has 28 heavy (non-hydrogen) atoms. The van der Waals surface area contributed by atoms with Gasteiger partial charge in [0.25, 0.3) is 0 Å². The molecule has 0 nitrogen and oxygen atoms in total. The molecule has 4 heteroatoms. The molecule has 0 unspecified atom stereocenters. The number of thioether (sulfide) groups is 2. The summed E-state index contributed by atoms with van der Waals surface area (Å²) >= 11 is 8.75. The van der Waals surface area contributed by atoms with Gasteiger partial charge in [-0.15, -0.1) is 36.2 Å². The highest BCUT2D eigenvalue weighted by Gasteiger charge is 2.24. The van der Waals surface area contributed by atoms with E-state index in [2.05, 4.69) is 100 Å². The van der Waals surface area contributed by atoms with Gasteiger partial charge in [0.15, 0.2) is 0 Å². The smallest absolute Gasteiger partial charge is 0.0158 e. The van der Waals surface area contributed by atoms with Gasteiger partial charge in [-0.25, -0.2) is 0 Å². The van der Waals surface area contributed by atoms with Crippen molar-refractivity contribution in [3.8, 4) is 0 Å². The standard InChI is InChI=1S/C24H27PS3/c1-17(2)27-23-15-9-6-12-20(23)25(19-11-5-8-14-22(19)26)21-13-7-10-16-24(21)28-18(3)4/h5-18,26H,1-4H3. The maximum atomic E-state index is 4.85. The number of benzene rings is 3. The van der Waals surface area contributed by atoms with Gasteiger partial charge in [0.1, 0.15) is 0 Å². The molecule has 0 radical (unpaired) electrons. The molecule has 0 aromatic heterocycles. The van der Waals surface area contributed by atoms with Crippen molar-refractivity contribution in [2.45, 2.75) is 52.9 Å². The van der Waals surface area contributed by atoms with Gasteiger partial charge in [0, 0.05) is 25.2 Å². The van der Waals surface area contributed by atoms with E-state index in [1.54, 1.807) is 0 Å². The van der Waals surface area contributed by atoms with Gasteiger partial charge in [-0.2, -0.15) is 0 Å². The maximum Gasteiger partial charge on any atom is 0.0158 e. The zero-order valence-electron chi connectivity index (χ0n) is 16.8. The highest BCUT2D eigenvalue weighted by Crippen LogP contribution is 2.42. The summed E-state index contributed by atoms with van der Waals surface area (Å²) < 4.78 is 0. The third-order valence-electron chi connectivity index (χ3n) is 4.06. The molecule has 0 saturated heterocycles. The van der Waals surface area contributed by atoms with Crippen molar-refractivity contribution in [2.24, 2.45) is 0 Å². The molecule has 0 atom stereocenters. The van der Waals surface area contributed by atoms with E-state index in [4.69, 9.17) is 12.6 Å². The van der Waals surface area contributed by atoms with E-state index in [1.807, 2.05) is 23.5 Å².